The fourth-order valence-electron chi connectivity index (χ4n) is 2.24. The summed E-state index contributed by atoms with van der Waals surface area (Å²) in [5, 5.41) is 3.25. The van der Waals surface area contributed by atoms with E-state index in [4.69, 9.17) is 9.47 Å². The van der Waals surface area contributed by atoms with Gasteiger partial charge in [-0.2, -0.15) is 0 Å². The summed E-state index contributed by atoms with van der Waals surface area (Å²) in [5.41, 5.74) is 1.09. The van der Waals surface area contributed by atoms with Crippen LogP contribution in [0.3, 0.4) is 0 Å². The molecule has 0 spiro atoms. The second-order valence-corrected chi connectivity index (χ2v) is 8.21. The van der Waals surface area contributed by atoms with E-state index in [2.05, 4.69) is 5.32 Å². The molecule has 1 aliphatic rings. The molecule has 2 rings (SSSR count). The number of rotatable bonds is 6. The van der Waals surface area contributed by atoms with E-state index in [1.807, 2.05) is 25.3 Å². The van der Waals surface area contributed by atoms with Crippen molar-refractivity contribution < 1.29 is 17.9 Å². The van der Waals surface area contributed by atoms with Gasteiger partial charge in [-0.05, 0) is 30.9 Å². The van der Waals surface area contributed by atoms with E-state index < -0.39 is 9.84 Å². The number of ether oxygens (including phenoxy) is 2. The first kappa shape index (κ1) is 16.5. The molecule has 1 aromatic rings. The molecule has 1 heterocycles. The molecule has 5 nitrogen and oxygen atoms in total. The van der Waals surface area contributed by atoms with E-state index in [1.165, 1.54) is 6.26 Å². The van der Waals surface area contributed by atoms with Gasteiger partial charge in [0.25, 0.3) is 0 Å². The Morgan fingerprint density at radius 3 is 2.48 bits per heavy atom. The second kappa shape index (κ2) is 6.89. The monoisotopic (exact) mass is 331 g/mol. The van der Waals surface area contributed by atoms with Gasteiger partial charge in [0.2, 0.25) is 0 Å². The highest BCUT2D eigenvalue weighted by Gasteiger charge is 2.16. The summed E-state index contributed by atoms with van der Waals surface area (Å²) in [6.45, 7) is 3.61. The second-order valence-electron chi connectivity index (χ2n) is 5.18. The van der Waals surface area contributed by atoms with Crippen molar-refractivity contribution in [3.05, 3.63) is 17.7 Å². The maximum atomic E-state index is 11.3. The highest BCUT2D eigenvalue weighted by Crippen LogP contribution is 2.36. The standard InChI is InChI=1S/C14H21NO4S2/c1-10(9-21(3,16)17)15-8-11-6-12-13(7-14(11)20-2)19-5-4-18-12/h6-7,10,15H,4-5,8-9H2,1-3H3. The first-order valence-electron chi connectivity index (χ1n) is 6.76. The van der Waals surface area contributed by atoms with Gasteiger partial charge >= 0.3 is 0 Å². The van der Waals surface area contributed by atoms with Crippen LogP contribution < -0.4 is 14.8 Å². The van der Waals surface area contributed by atoms with Crippen LogP contribution in [0, 0.1) is 0 Å². The fraction of sp³-hybridized carbons (Fsp3) is 0.571. The zero-order chi connectivity index (χ0) is 15.5. The van der Waals surface area contributed by atoms with E-state index in [-0.39, 0.29) is 11.8 Å². The molecule has 0 aromatic heterocycles. The molecule has 0 saturated carbocycles. The summed E-state index contributed by atoms with van der Waals surface area (Å²) < 4.78 is 33.7. The van der Waals surface area contributed by atoms with Crippen molar-refractivity contribution >= 4 is 21.6 Å². The fourth-order valence-corrected chi connectivity index (χ4v) is 3.88. The molecule has 7 heteroatoms. The Balaban J connectivity index is 2.08. The highest BCUT2D eigenvalue weighted by atomic mass is 32.2. The molecule has 1 aromatic carbocycles. The van der Waals surface area contributed by atoms with Gasteiger partial charge in [-0.3, -0.25) is 0 Å². The van der Waals surface area contributed by atoms with Gasteiger partial charge < -0.3 is 14.8 Å². The lowest BCUT2D eigenvalue weighted by Crippen LogP contribution is -2.32. The van der Waals surface area contributed by atoms with Crippen LogP contribution in [-0.4, -0.2) is 45.9 Å². The first-order valence-corrected chi connectivity index (χ1v) is 10.0. The minimum atomic E-state index is -2.97. The molecule has 1 atom stereocenters. The Hall–Kier alpha value is -0.920. The smallest absolute Gasteiger partial charge is 0.162 e. The summed E-state index contributed by atoms with van der Waals surface area (Å²) in [4.78, 5) is 1.11. The van der Waals surface area contributed by atoms with E-state index in [9.17, 15) is 8.42 Å². The van der Waals surface area contributed by atoms with E-state index in [1.54, 1.807) is 11.8 Å². The zero-order valence-electron chi connectivity index (χ0n) is 12.5. The van der Waals surface area contributed by atoms with Gasteiger partial charge in [0, 0.05) is 23.7 Å². The van der Waals surface area contributed by atoms with Crippen molar-refractivity contribution in [1.29, 1.82) is 0 Å². The average molecular weight is 331 g/mol. The van der Waals surface area contributed by atoms with Gasteiger partial charge in [0.05, 0.1) is 5.75 Å². The normalized spacial score (nSPS) is 15.8. The first-order chi connectivity index (χ1) is 9.89. The largest absolute Gasteiger partial charge is 0.486 e. The molecule has 21 heavy (non-hydrogen) atoms. The van der Waals surface area contributed by atoms with Gasteiger partial charge in [-0.25, -0.2) is 8.42 Å². The maximum absolute atomic E-state index is 11.3. The van der Waals surface area contributed by atoms with Crippen molar-refractivity contribution in [2.24, 2.45) is 0 Å². The van der Waals surface area contributed by atoms with E-state index in [0.717, 1.165) is 22.0 Å². The Kier molecular flexibility index (Phi) is 5.40. The number of sulfone groups is 1. The molecule has 0 radical (unpaired) electrons. The zero-order valence-corrected chi connectivity index (χ0v) is 14.1. The van der Waals surface area contributed by atoms with E-state index in [0.29, 0.717) is 19.8 Å². The van der Waals surface area contributed by atoms with E-state index >= 15 is 0 Å². The molecule has 0 bridgehead atoms. The molecule has 0 fully saturated rings. The minimum absolute atomic E-state index is 0.0945. The average Bonchev–Trinajstić information content (AvgIpc) is 2.42. The third-order valence-corrected chi connectivity index (χ3v) is 5.06. The van der Waals surface area contributed by atoms with Crippen LogP contribution in [0.1, 0.15) is 12.5 Å². The predicted molar refractivity (Wildman–Crippen MR) is 85.2 cm³/mol. The summed E-state index contributed by atoms with van der Waals surface area (Å²) in [7, 11) is -2.97. The molecule has 1 unspecified atom stereocenters. The van der Waals surface area contributed by atoms with Crippen LogP contribution in [0.5, 0.6) is 11.5 Å². The van der Waals surface area contributed by atoms with Crippen molar-refractivity contribution in [2.75, 3.05) is 31.5 Å². The SMILES string of the molecule is CSc1cc2c(cc1CNC(C)CS(C)(=O)=O)OCCO2. The minimum Gasteiger partial charge on any atom is -0.486 e. The number of nitrogens with one attached hydrogen (secondary N) is 1. The molecule has 0 saturated heterocycles. The Morgan fingerprint density at radius 2 is 1.90 bits per heavy atom. The molecule has 118 valence electrons. The van der Waals surface area contributed by atoms with Gasteiger partial charge in [-0.15, -0.1) is 11.8 Å². The lowest BCUT2D eigenvalue weighted by Gasteiger charge is -2.21. The molecular formula is C14H21NO4S2. The van der Waals surface area contributed by atoms with Crippen molar-refractivity contribution in [2.45, 2.75) is 24.4 Å². The Morgan fingerprint density at radius 1 is 1.29 bits per heavy atom. The maximum Gasteiger partial charge on any atom is 0.162 e. The molecule has 1 N–H and O–H groups in total. The Bertz CT molecular complexity index is 601. The third kappa shape index (κ3) is 4.79. The number of hydrogen-bond acceptors (Lipinski definition) is 6. The molecule has 0 aliphatic carbocycles. The van der Waals surface area contributed by atoms with Crippen LogP contribution in [-0.2, 0) is 16.4 Å². The third-order valence-electron chi connectivity index (χ3n) is 3.14. The van der Waals surface area contributed by atoms with Crippen LogP contribution >= 0.6 is 11.8 Å². The van der Waals surface area contributed by atoms with Crippen LogP contribution in [0.4, 0.5) is 0 Å². The van der Waals surface area contributed by atoms with Crippen molar-refractivity contribution in [3.8, 4) is 11.5 Å². The summed E-state index contributed by atoms with van der Waals surface area (Å²) in [6, 6.07) is 3.86. The number of thioether (sulfide) groups is 1. The lowest BCUT2D eigenvalue weighted by molar-refractivity contribution is 0.171. The topological polar surface area (TPSA) is 64.6 Å². The number of fused-ring (bicyclic) bond motifs is 1. The quantitative estimate of drug-likeness (QED) is 0.801. The van der Waals surface area contributed by atoms with Crippen molar-refractivity contribution in [1.82, 2.24) is 5.32 Å². The molecule has 0 amide bonds. The van der Waals surface area contributed by atoms with Crippen molar-refractivity contribution in [3.63, 3.8) is 0 Å². The summed E-state index contributed by atoms with van der Waals surface area (Å²) in [6.07, 6.45) is 3.26. The highest BCUT2D eigenvalue weighted by molar-refractivity contribution is 7.98. The predicted octanol–water partition coefficient (Wildman–Crippen LogP) is 1.70. The van der Waals surface area contributed by atoms with Crippen LogP contribution in [0.2, 0.25) is 0 Å². The number of hydrogen-bond donors (Lipinski definition) is 1. The van der Waals surface area contributed by atoms with Gasteiger partial charge in [0.1, 0.15) is 23.1 Å². The summed E-state index contributed by atoms with van der Waals surface area (Å²) in [5.74, 6) is 1.66. The number of benzene rings is 1. The molecule has 1 aliphatic heterocycles. The van der Waals surface area contributed by atoms with Gasteiger partial charge in [0.15, 0.2) is 11.5 Å². The lowest BCUT2D eigenvalue weighted by atomic mass is 10.2. The summed E-state index contributed by atoms with van der Waals surface area (Å²) >= 11 is 1.64. The van der Waals surface area contributed by atoms with Crippen LogP contribution in [0.15, 0.2) is 17.0 Å². The van der Waals surface area contributed by atoms with Gasteiger partial charge in [-0.1, -0.05) is 0 Å². The molecular weight excluding hydrogens is 310 g/mol. The van der Waals surface area contributed by atoms with Crippen LogP contribution in [0.25, 0.3) is 0 Å². The Labute approximate surface area is 130 Å².